The van der Waals surface area contributed by atoms with Gasteiger partial charge in [-0.2, -0.15) is 35.1 Å². The molecule has 4 aliphatic rings. The normalized spacial score (nSPS) is 19.8. The van der Waals surface area contributed by atoms with Crippen LogP contribution in [0.15, 0.2) is 69.6 Å². The van der Waals surface area contributed by atoms with Gasteiger partial charge in [-0.25, -0.2) is 45.1 Å². The number of ether oxygens (including phenoxy) is 4. The van der Waals surface area contributed by atoms with Crippen LogP contribution in [0.4, 0.5) is 70.2 Å². The van der Waals surface area contributed by atoms with E-state index in [4.69, 9.17) is 18.9 Å². The molecule has 5 heterocycles. The highest BCUT2D eigenvalue weighted by atomic mass is 19.2. The van der Waals surface area contributed by atoms with E-state index >= 15 is 70.2 Å². The van der Waals surface area contributed by atoms with Crippen molar-refractivity contribution in [3.05, 3.63) is 186 Å². The number of aliphatic imine (C=N–C) groups is 2. The molecule has 0 spiro atoms. The number of halogens is 16. The maximum Gasteiger partial charge on any atom is 0.204 e. The van der Waals surface area contributed by atoms with Gasteiger partial charge < -0.3 is 70.1 Å². The molecule has 9 rings (SSSR count). The highest BCUT2D eigenvalue weighted by molar-refractivity contribution is 6.32. The lowest BCUT2D eigenvalue weighted by Gasteiger charge is -2.23. The van der Waals surface area contributed by atoms with Crippen molar-refractivity contribution in [1.82, 2.24) is 10.3 Å². The fourth-order valence-corrected chi connectivity index (χ4v) is 9.34. The predicted octanol–water partition coefficient (Wildman–Crippen LogP) is 4.67. The molecule has 0 saturated heterocycles. The number of H-pyrrole nitrogens is 1. The number of hydrogen-bond acceptors (Lipinski definition) is 15. The van der Waals surface area contributed by atoms with E-state index in [0.717, 1.165) is 6.08 Å². The van der Waals surface area contributed by atoms with Gasteiger partial charge in [0.2, 0.25) is 46.5 Å². The van der Waals surface area contributed by atoms with Crippen molar-refractivity contribution in [3.8, 4) is 23.0 Å². The Balaban J connectivity index is 1.44. The van der Waals surface area contributed by atoms with Gasteiger partial charge in [0.05, 0.1) is 77.5 Å². The number of aromatic nitrogens is 1. The van der Waals surface area contributed by atoms with Crippen molar-refractivity contribution in [2.24, 2.45) is 9.98 Å². The first-order valence-corrected chi connectivity index (χ1v) is 25.4. The Kier molecular flexibility index (Phi) is 18.7. The largest absolute Gasteiger partial charge is 0.485 e. The molecule has 4 aliphatic heterocycles. The molecule has 5 unspecified atom stereocenters. The lowest BCUT2D eigenvalue weighted by molar-refractivity contribution is 0.0503. The third-order valence-electron chi connectivity index (χ3n) is 13.5. The quantitative estimate of drug-likeness (QED) is 0.0377. The van der Waals surface area contributed by atoms with E-state index < -0.39 is 290 Å². The number of aromatic amines is 1. The van der Waals surface area contributed by atoms with Gasteiger partial charge in [0.1, 0.15) is 50.8 Å². The standard InChI is InChI=1S/C56H40F16N4O12/c57-37-33(38(58)46(66)53(45(37)65)85-13-17(81)9-77)29-21-1-2-22(73-21)30(34-39(59)47(67)54(48(68)40(34)60)86-14-18(82)10-78)24-5-6-26(75-24)32(36-43(63)51(71)56(52(72)44(36)64)88-16-20(84)12-80)28-8-7-27(76-28)31(25-4-3-23(29)74-25)35-41(61)49(69)55(50(70)42(35)62)87-15-19(83)11-79/h1-7,17-20,28,73,76-84H,8-16H2/b29-21+,30-22+,31-25+,32-26+. The van der Waals surface area contributed by atoms with Gasteiger partial charge in [0.25, 0.3) is 0 Å². The van der Waals surface area contributed by atoms with E-state index in [9.17, 15) is 40.9 Å². The first kappa shape index (κ1) is 64.0. The second-order valence-electron chi connectivity index (χ2n) is 19.2. The topological polar surface area (TPSA) is 251 Å². The van der Waals surface area contributed by atoms with Gasteiger partial charge in [-0.05, 0) is 42.9 Å². The number of benzene rings is 4. The maximum atomic E-state index is 16.8. The molecular weight excluding hydrogens is 1220 g/mol. The molecule has 5 aromatic rings. The zero-order valence-corrected chi connectivity index (χ0v) is 43.9. The van der Waals surface area contributed by atoms with Crippen LogP contribution >= 0.6 is 0 Å². The minimum Gasteiger partial charge on any atom is -0.485 e. The number of allylic oxidation sites excluding steroid dienone is 5. The van der Waals surface area contributed by atoms with E-state index in [2.05, 4.69) is 20.3 Å². The second-order valence-corrected chi connectivity index (χ2v) is 19.2. The van der Waals surface area contributed by atoms with E-state index in [1.165, 1.54) is 0 Å². The first-order chi connectivity index (χ1) is 41.8. The summed E-state index contributed by atoms with van der Waals surface area (Å²) in [7, 11) is 0. The summed E-state index contributed by atoms with van der Waals surface area (Å²) in [5.41, 5.74) is -16.5. The molecule has 5 atom stereocenters. The van der Waals surface area contributed by atoms with E-state index in [-0.39, 0.29) is 0 Å². The van der Waals surface area contributed by atoms with Crippen molar-refractivity contribution < 1.29 is 130 Å². The van der Waals surface area contributed by atoms with Crippen LogP contribution in [0.3, 0.4) is 0 Å². The Morgan fingerprint density at radius 1 is 0.398 bits per heavy atom. The van der Waals surface area contributed by atoms with Crippen molar-refractivity contribution >= 4 is 33.7 Å². The number of nitrogens with zero attached hydrogens (tertiary/aromatic N) is 2. The Hall–Kier alpha value is -8.50. The molecule has 10 N–H and O–H groups in total. The van der Waals surface area contributed by atoms with Gasteiger partial charge in [0.15, 0.2) is 69.5 Å². The zero-order valence-electron chi connectivity index (χ0n) is 43.9. The summed E-state index contributed by atoms with van der Waals surface area (Å²) in [5.74, 6) is -45.2. The second kappa shape index (κ2) is 25.7. The fourth-order valence-electron chi connectivity index (χ4n) is 9.34. The number of nitrogens with one attached hydrogen (secondary N) is 2. The van der Waals surface area contributed by atoms with Crippen LogP contribution in [0.25, 0.3) is 22.3 Å². The van der Waals surface area contributed by atoms with Gasteiger partial charge in [-0.3, -0.25) is 0 Å². The molecule has 32 heteroatoms. The van der Waals surface area contributed by atoms with E-state index in [0.29, 0.717) is 36.4 Å². The molecule has 0 radical (unpaired) electrons. The lowest BCUT2D eigenvalue weighted by Crippen LogP contribution is -2.28. The van der Waals surface area contributed by atoms with Gasteiger partial charge in [-0.1, -0.05) is 6.08 Å². The van der Waals surface area contributed by atoms with Crippen molar-refractivity contribution in [3.63, 3.8) is 0 Å². The van der Waals surface area contributed by atoms with Gasteiger partial charge >= 0.3 is 0 Å². The molecule has 0 saturated carbocycles. The third-order valence-corrected chi connectivity index (χ3v) is 13.5. The van der Waals surface area contributed by atoms with E-state index in [1.54, 1.807) is 0 Å². The van der Waals surface area contributed by atoms with Crippen LogP contribution in [0.5, 0.6) is 23.0 Å². The summed E-state index contributed by atoms with van der Waals surface area (Å²) < 4.78 is 282. The number of fused-ring (bicyclic) bond motifs is 6. The number of hydrogen-bond donors (Lipinski definition) is 10. The summed E-state index contributed by atoms with van der Waals surface area (Å²) >= 11 is 0. The first-order valence-electron chi connectivity index (χ1n) is 25.4. The zero-order chi connectivity index (χ0) is 64.1. The number of aliphatic hydroxyl groups is 8. The Morgan fingerprint density at radius 3 is 1.02 bits per heavy atom. The third kappa shape index (κ3) is 11.4. The van der Waals surface area contributed by atoms with E-state index in [1.807, 2.05) is 0 Å². The molecular formula is C56H40F16N4O12. The van der Waals surface area contributed by atoms with Crippen LogP contribution in [-0.4, -0.2) is 141 Å². The number of rotatable bonds is 20. The van der Waals surface area contributed by atoms with Crippen LogP contribution in [0, 0.1) is 93.1 Å². The summed E-state index contributed by atoms with van der Waals surface area (Å²) in [6.45, 7) is -9.16. The Bertz CT molecular complexity index is 3960. The minimum absolute atomic E-state index is 0.673. The highest BCUT2D eigenvalue weighted by Gasteiger charge is 2.41. The molecule has 88 heavy (non-hydrogen) atoms. The van der Waals surface area contributed by atoms with Gasteiger partial charge in [-0.15, -0.1) is 0 Å². The van der Waals surface area contributed by atoms with Crippen LogP contribution in [0.2, 0.25) is 0 Å². The smallest absolute Gasteiger partial charge is 0.204 e. The molecule has 0 fully saturated rings. The molecule has 1 aromatic heterocycles. The fraction of sp³-hybridized carbons (Fsp3) is 0.250. The average Bonchev–Trinajstić information content (AvgIpc) is 1.51. The van der Waals surface area contributed by atoms with Crippen LogP contribution < -0.4 is 35.0 Å². The van der Waals surface area contributed by atoms with Crippen LogP contribution in [-0.2, 0) is 0 Å². The summed E-state index contributed by atoms with van der Waals surface area (Å²) in [4.78, 5) is 10.7. The SMILES string of the molecule is OCC(O)COc1c(F)c(F)c(/C2=C3\C=CC(=N3)/C(c3c(F)c(F)c(OCC(O)CO)c(F)c3F)=c3/cc/c([nH]3)=C(\c3c(F)c(F)c(OCC(O)CO)c(F)c3F)C3=N/C(=C(/c4c(F)c(F)c(OCC(O)CO)c(F)c4F)C4CC=C2N4)C=C3)c(F)c1F. The van der Waals surface area contributed by atoms with Crippen molar-refractivity contribution in [1.29, 1.82) is 0 Å². The minimum atomic E-state index is -2.39. The molecule has 4 aromatic carbocycles. The van der Waals surface area contributed by atoms with Gasteiger partial charge in [0, 0.05) is 38.7 Å². The molecule has 0 amide bonds. The van der Waals surface area contributed by atoms with Crippen molar-refractivity contribution in [2.45, 2.75) is 36.9 Å². The monoisotopic (exact) mass is 1260 g/mol. The Labute approximate surface area is 481 Å². The molecule has 8 bridgehead atoms. The highest BCUT2D eigenvalue weighted by Crippen LogP contribution is 2.46. The summed E-state index contributed by atoms with van der Waals surface area (Å²) in [6.07, 6.45) is -4.86. The number of aliphatic hydroxyl groups excluding tert-OH is 8. The summed E-state index contributed by atoms with van der Waals surface area (Å²) in [5, 5.41) is 76.7. The van der Waals surface area contributed by atoms with Crippen molar-refractivity contribution in [2.75, 3.05) is 52.9 Å². The lowest BCUT2D eigenvalue weighted by atomic mass is 9.93. The summed E-state index contributed by atoms with van der Waals surface area (Å²) in [6, 6.07) is -0.645. The van der Waals surface area contributed by atoms with Crippen LogP contribution in [0.1, 0.15) is 28.7 Å². The predicted molar refractivity (Wildman–Crippen MR) is 271 cm³/mol. The molecule has 468 valence electrons. The Morgan fingerprint density at radius 2 is 0.693 bits per heavy atom. The maximum absolute atomic E-state index is 16.8. The average molecular weight is 1260 g/mol. The molecule has 16 nitrogen and oxygen atoms in total. The molecule has 0 aliphatic carbocycles.